The number of halogens is 1. The third-order valence-electron chi connectivity index (χ3n) is 2.96. The Balaban J connectivity index is 1.96. The highest BCUT2D eigenvalue weighted by Gasteiger charge is 2.18. The van der Waals surface area contributed by atoms with E-state index in [-0.39, 0.29) is 11.3 Å². The summed E-state index contributed by atoms with van der Waals surface area (Å²) in [5.74, 6) is -0.431. The Bertz CT molecular complexity index is 656. The molecule has 2 aromatic rings. The molecular formula is C15H13BrN2O3. The molecule has 2 rings (SSSR count). The SMILES string of the molecule is O=C(NCCc1ccc(Br)cc1)c1ccccc1[N+](=O)[O-]. The van der Waals surface area contributed by atoms with Crippen LogP contribution in [0.15, 0.2) is 53.0 Å². The number of benzene rings is 2. The third kappa shape index (κ3) is 4.13. The first-order chi connectivity index (χ1) is 10.1. The summed E-state index contributed by atoms with van der Waals surface area (Å²) in [5, 5.41) is 13.6. The number of hydrogen-bond acceptors (Lipinski definition) is 3. The van der Waals surface area contributed by atoms with Gasteiger partial charge >= 0.3 is 0 Å². The van der Waals surface area contributed by atoms with Crippen LogP contribution in [0.2, 0.25) is 0 Å². The number of carbonyl (C=O) groups is 1. The maximum atomic E-state index is 12.0. The molecule has 0 bridgehead atoms. The second-order valence-electron chi connectivity index (χ2n) is 4.41. The van der Waals surface area contributed by atoms with Gasteiger partial charge in [-0.15, -0.1) is 0 Å². The van der Waals surface area contributed by atoms with E-state index in [9.17, 15) is 14.9 Å². The van der Waals surface area contributed by atoms with E-state index in [1.54, 1.807) is 6.07 Å². The first kappa shape index (κ1) is 15.2. The molecule has 0 unspecified atom stereocenters. The van der Waals surface area contributed by atoms with Gasteiger partial charge in [0, 0.05) is 17.1 Å². The van der Waals surface area contributed by atoms with Crippen molar-refractivity contribution in [3.05, 3.63) is 74.2 Å². The van der Waals surface area contributed by atoms with Gasteiger partial charge in [0.1, 0.15) is 5.56 Å². The van der Waals surface area contributed by atoms with Crippen molar-refractivity contribution >= 4 is 27.5 Å². The van der Waals surface area contributed by atoms with E-state index in [0.29, 0.717) is 13.0 Å². The molecule has 0 aliphatic heterocycles. The average Bonchev–Trinajstić information content (AvgIpc) is 2.49. The van der Waals surface area contributed by atoms with Crippen LogP contribution in [-0.2, 0) is 6.42 Å². The number of nitrogens with zero attached hydrogens (tertiary/aromatic N) is 1. The van der Waals surface area contributed by atoms with E-state index >= 15 is 0 Å². The molecule has 1 amide bonds. The van der Waals surface area contributed by atoms with Gasteiger partial charge < -0.3 is 5.32 Å². The number of hydrogen-bond donors (Lipinski definition) is 1. The van der Waals surface area contributed by atoms with Gasteiger partial charge in [-0.25, -0.2) is 0 Å². The van der Waals surface area contributed by atoms with Crippen LogP contribution < -0.4 is 5.32 Å². The van der Waals surface area contributed by atoms with Crippen molar-refractivity contribution in [1.29, 1.82) is 0 Å². The van der Waals surface area contributed by atoms with Crippen molar-refractivity contribution in [2.75, 3.05) is 6.54 Å². The van der Waals surface area contributed by atoms with Crippen LogP contribution >= 0.6 is 15.9 Å². The lowest BCUT2D eigenvalue weighted by molar-refractivity contribution is -0.385. The van der Waals surface area contributed by atoms with Crippen LogP contribution in [0.3, 0.4) is 0 Å². The lowest BCUT2D eigenvalue weighted by atomic mass is 10.1. The molecule has 1 N–H and O–H groups in total. The molecule has 0 fully saturated rings. The van der Waals surface area contributed by atoms with Crippen molar-refractivity contribution in [3.63, 3.8) is 0 Å². The first-order valence-electron chi connectivity index (χ1n) is 6.34. The van der Waals surface area contributed by atoms with E-state index in [1.165, 1.54) is 18.2 Å². The zero-order valence-corrected chi connectivity index (χ0v) is 12.7. The van der Waals surface area contributed by atoms with Gasteiger partial charge in [-0.1, -0.05) is 40.2 Å². The topological polar surface area (TPSA) is 72.2 Å². The Morgan fingerprint density at radius 3 is 2.48 bits per heavy atom. The Morgan fingerprint density at radius 2 is 1.81 bits per heavy atom. The smallest absolute Gasteiger partial charge is 0.282 e. The minimum Gasteiger partial charge on any atom is -0.351 e. The quantitative estimate of drug-likeness (QED) is 0.665. The highest BCUT2D eigenvalue weighted by molar-refractivity contribution is 9.10. The second-order valence-corrected chi connectivity index (χ2v) is 5.32. The molecule has 0 heterocycles. The summed E-state index contributed by atoms with van der Waals surface area (Å²) < 4.78 is 0.996. The van der Waals surface area contributed by atoms with Gasteiger partial charge in [-0.3, -0.25) is 14.9 Å². The third-order valence-corrected chi connectivity index (χ3v) is 3.49. The van der Waals surface area contributed by atoms with E-state index in [4.69, 9.17) is 0 Å². The van der Waals surface area contributed by atoms with E-state index in [2.05, 4.69) is 21.2 Å². The van der Waals surface area contributed by atoms with Gasteiger partial charge in [0.15, 0.2) is 0 Å². The zero-order chi connectivity index (χ0) is 15.2. The number of para-hydroxylation sites is 1. The highest BCUT2D eigenvalue weighted by atomic mass is 79.9. The van der Waals surface area contributed by atoms with E-state index in [0.717, 1.165) is 10.0 Å². The van der Waals surface area contributed by atoms with E-state index < -0.39 is 10.8 Å². The monoisotopic (exact) mass is 348 g/mol. The Kier molecular flexibility index (Phi) is 5.05. The summed E-state index contributed by atoms with van der Waals surface area (Å²) in [6, 6.07) is 13.7. The van der Waals surface area contributed by atoms with Crippen molar-refractivity contribution in [3.8, 4) is 0 Å². The Morgan fingerprint density at radius 1 is 1.14 bits per heavy atom. The van der Waals surface area contributed by atoms with E-state index in [1.807, 2.05) is 24.3 Å². The van der Waals surface area contributed by atoms with Crippen LogP contribution in [0.4, 0.5) is 5.69 Å². The molecule has 0 saturated carbocycles. The van der Waals surface area contributed by atoms with Crippen LogP contribution in [0.5, 0.6) is 0 Å². The summed E-state index contributed by atoms with van der Waals surface area (Å²) in [4.78, 5) is 22.3. The number of nitro benzene ring substituents is 1. The summed E-state index contributed by atoms with van der Waals surface area (Å²) in [5.41, 5.74) is 0.984. The maximum absolute atomic E-state index is 12.0. The standard InChI is InChI=1S/C15H13BrN2O3/c16-12-7-5-11(6-8-12)9-10-17-15(19)13-3-1-2-4-14(13)18(20)21/h1-8H,9-10H2,(H,17,19). The Labute approximate surface area is 130 Å². The van der Waals surface area contributed by atoms with Crippen LogP contribution in [0, 0.1) is 10.1 Å². The molecule has 0 radical (unpaired) electrons. The fourth-order valence-electron chi connectivity index (χ4n) is 1.89. The molecule has 5 nitrogen and oxygen atoms in total. The maximum Gasteiger partial charge on any atom is 0.282 e. The minimum atomic E-state index is -0.552. The number of nitrogens with one attached hydrogen (secondary N) is 1. The molecule has 0 aliphatic rings. The van der Waals surface area contributed by atoms with Gasteiger partial charge in [0.05, 0.1) is 4.92 Å². The molecule has 2 aromatic carbocycles. The van der Waals surface area contributed by atoms with Crippen molar-refractivity contribution in [1.82, 2.24) is 5.32 Å². The lowest BCUT2D eigenvalue weighted by Crippen LogP contribution is -2.26. The fourth-order valence-corrected chi connectivity index (χ4v) is 2.16. The van der Waals surface area contributed by atoms with Gasteiger partial charge in [-0.05, 0) is 30.2 Å². The number of carbonyl (C=O) groups excluding carboxylic acids is 1. The van der Waals surface area contributed by atoms with Crippen LogP contribution in [0.1, 0.15) is 15.9 Å². The number of amides is 1. The molecule has 21 heavy (non-hydrogen) atoms. The van der Waals surface area contributed by atoms with Crippen molar-refractivity contribution < 1.29 is 9.72 Å². The molecule has 0 aromatic heterocycles. The summed E-state index contributed by atoms with van der Waals surface area (Å²) >= 11 is 3.36. The summed E-state index contributed by atoms with van der Waals surface area (Å²) in [7, 11) is 0. The molecule has 0 spiro atoms. The van der Waals surface area contributed by atoms with Crippen molar-refractivity contribution in [2.45, 2.75) is 6.42 Å². The molecule has 0 saturated heterocycles. The van der Waals surface area contributed by atoms with Crippen LogP contribution in [-0.4, -0.2) is 17.4 Å². The average molecular weight is 349 g/mol. The minimum absolute atomic E-state index is 0.0818. The normalized spacial score (nSPS) is 10.1. The largest absolute Gasteiger partial charge is 0.351 e. The van der Waals surface area contributed by atoms with Crippen molar-refractivity contribution in [2.24, 2.45) is 0 Å². The van der Waals surface area contributed by atoms with Gasteiger partial charge in [-0.2, -0.15) is 0 Å². The first-order valence-corrected chi connectivity index (χ1v) is 7.13. The van der Waals surface area contributed by atoms with Crippen LogP contribution in [0.25, 0.3) is 0 Å². The second kappa shape index (κ2) is 6.99. The van der Waals surface area contributed by atoms with Gasteiger partial charge in [0.25, 0.3) is 11.6 Å². The lowest BCUT2D eigenvalue weighted by Gasteiger charge is -2.06. The zero-order valence-electron chi connectivity index (χ0n) is 11.1. The van der Waals surface area contributed by atoms with Gasteiger partial charge in [0.2, 0.25) is 0 Å². The predicted octanol–water partition coefficient (Wildman–Crippen LogP) is 3.33. The highest BCUT2D eigenvalue weighted by Crippen LogP contribution is 2.17. The Hall–Kier alpha value is -2.21. The molecule has 0 atom stereocenters. The molecule has 108 valence electrons. The number of rotatable bonds is 5. The molecular weight excluding hydrogens is 336 g/mol. The summed E-state index contributed by atoms with van der Waals surface area (Å²) in [6.07, 6.45) is 0.666. The molecule has 0 aliphatic carbocycles. The fraction of sp³-hybridized carbons (Fsp3) is 0.133. The molecule has 6 heteroatoms. The number of nitro groups is 1. The summed E-state index contributed by atoms with van der Waals surface area (Å²) in [6.45, 7) is 0.423. The predicted molar refractivity (Wildman–Crippen MR) is 83.3 cm³/mol.